The zero-order valence-corrected chi connectivity index (χ0v) is 9.61. The van der Waals surface area contributed by atoms with Crippen molar-refractivity contribution in [1.29, 1.82) is 0 Å². The van der Waals surface area contributed by atoms with E-state index in [1.165, 1.54) is 0 Å². The Morgan fingerprint density at radius 3 is 3.25 bits per heavy atom. The molecular formula is C10H14ClN3O2. The SMILES string of the molecule is O=C(NCCn1cc(Cl)cn1)C1CCCO1. The number of nitrogens with zero attached hydrogens (tertiary/aromatic N) is 2. The van der Waals surface area contributed by atoms with E-state index in [0.29, 0.717) is 24.7 Å². The van der Waals surface area contributed by atoms with E-state index in [2.05, 4.69) is 10.4 Å². The van der Waals surface area contributed by atoms with Crippen molar-refractivity contribution in [3.05, 3.63) is 17.4 Å². The summed E-state index contributed by atoms with van der Waals surface area (Å²) >= 11 is 5.71. The molecule has 1 atom stereocenters. The van der Waals surface area contributed by atoms with Gasteiger partial charge in [-0.25, -0.2) is 0 Å². The number of hydrogen-bond donors (Lipinski definition) is 1. The van der Waals surface area contributed by atoms with E-state index in [-0.39, 0.29) is 12.0 Å². The van der Waals surface area contributed by atoms with Gasteiger partial charge in [0, 0.05) is 19.3 Å². The molecular weight excluding hydrogens is 230 g/mol. The van der Waals surface area contributed by atoms with Gasteiger partial charge in [0.25, 0.3) is 0 Å². The Balaban J connectivity index is 1.69. The highest BCUT2D eigenvalue weighted by atomic mass is 35.5. The first-order valence-corrected chi connectivity index (χ1v) is 5.71. The molecule has 0 saturated carbocycles. The monoisotopic (exact) mass is 243 g/mol. The molecule has 0 radical (unpaired) electrons. The van der Waals surface area contributed by atoms with Gasteiger partial charge in [-0.1, -0.05) is 11.6 Å². The summed E-state index contributed by atoms with van der Waals surface area (Å²) in [5, 5.41) is 7.43. The van der Waals surface area contributed by atoms with E-state index in [1.807, 2.05) is 0 Å². The van der Waals surface area contributed by atoms with Gasteiger partial charge < -0.3 is 10.1 Å². The Bertz CT molecular complexity index is 361. The second kappa shape index (κ2) is 5.32. The van der Waals surface area contributed by atoms with Gasteiger partial charge in [-0.15, -0.1) is 0 Å². The smallest absolute Gasteiger partial charge is 0.249 e. The second-order valence-electron chi connectivity index (χ2n) is 3.71. The summed E-state index contributed by atoms with van der Waals surface area (Å²) in [6.07, 6.45) is 4.82. The van der Waals surface area contributed by atoms with Crippen molar-refractivity contribution in [2.75, 3.05) is 13.2 Å². The van der Waals surface area contributed by atoms with Crippen molar-refractivity contribution < 1.29 is 9.53 Å². The Labute approximate surface area is 98.7 Å². The molecule has 0 aliphatic carbocycles. The Morgan fingerprint density at radius 2 is 2.62 bits per heavy atom. The van der Waals surface area contributed by atoms with Crippen LogP contribution in [0.15, 0.2) is 12.4 Å². The highest BCUT2D eigenvalue weighted by Gasteiger charge is 2.22. The molecule has 88 valence electrons. The van der Waals surface area contributed by atoms with Crippen LogP contribution in [0.1, 0.15) is 12.8 Å². The standard InChI is InChI=1S/C10H14ClN3O2/c11-8-6-13-14(7-8)4-3-12-10(15)9-2-1-5-16-9/h6-7,9H,1-5H2,(H,12,15). The molecule has 1 aliphatic heterocycles. The maximum absolute atomic E-state index is 11.5. The number of hydrogen-bond acceptors (Lipinski definition) is 3. The Kier molecular flexibility index (Phi) is 3.79. The van der Waals surface area contributed by atoms with Gasteiger partial charge in [0.2, 0.25) is 5.91 Å². The van der Waals surface area contributed by atoms with E-state index in [9.17, 15) is 4.79 Å². The number of amides is 1. The van der Waals surface area contributed by atoms with E-state index in [1.54, 1.807) is 17.1 Å². The lowest BCUT2D eigenvalue weighted by Crippen LogP contribution is -2.36. The van der Waals surface area contributed by atoms with Gasteiger partial charge in [0.15, 0.2) is 0 Å². The minimum absolute atomic E-state index is 0.0317. The fraction of sp³-hybridized carbons (Fsp3) is 0.600. The molecule has 2 rings (SSSR count). The lowest BCUT2D eigenvalue weighted by atomic mass is 10.2. The third-order valence-electron chi connectivity index (χ3n) is 2.46. The number of carbonyl (C=O) groups is 1. The molecule has 0 aromatic carbocycles. The van der Waals surface area contributed by atoms with Crippen LogP contribution in [0.25, 0.3) is 0 Å². The lowest BCUT2D eigenvalue weighted by Gasteiger charge is -2.10. The van der Waals surface area contributed by atoms with Crippen molar-refractivity contribution >= 4 is 17.5 Å². The van der Waals surface area contributed by atoms with Gasteiger partial charge >= 0.3 is 0 Å². The van der Waals surface area contributed by atoms with Crippen LogP contribution >= 0.6 is 11.6 Å². The fourth-order valence-corrected chi connectivity index (χ4v) is 1.81. The molecule has 16 heavy (non-hydrogen) atoms. The average Bonchev–Trinajstić information content (AvgIpc) is 2.89. The second-order valence-corrected chi connectivity index (χ2v) is 4.15. The molecule has 1 aromatic heterocycles. The first-order chi connectivity index (χ1) is 7.75. The van der Waals surface area contributed by atoms with Crippen LogP contribution in [-0.2, 0) is 16.1 Å². The first kappa shape index (κ1) is 11.4. The fourth-order valence-electron chi connectivity index (χ4n) is 1.65. The summed E-state index contributed by atoms with van der Waals surface area (Å²) < 4.78 is 6.96. The van der Waals surface area contributed by atoms with Gasteiger partial charge in [-0.05, 0) is 12.8 Å². The van der Waals surface area contributed by atoms with Crippen LogP contribution < -0.4 is 5.32 Å². The molecule has 2 heterocycles. The van der Waals surface area contributed by atoms with E-state index in [4.69, 9.17) is 16.3 Å². The zero-order valence-electron chi connectivity index (χ0n) is 8.86. The topological polar surface area (TPSA) is 56.2 Å². The Morgan fingerprint density at radius 1 is 1.75 bits per heavy atom. The van der Waals surface area contributed by atoms with Gasteiger partial charge in [0.05, 0.1) is 17.8 Å². The van der Waals surface area contributed by atoms with Gasteiger partial charge in [0.1, 0.15) is 6.10 Å². The number of halogens is 1. The van der Waals surface area contributed by atoms with Crippen molar-refractivity contribution in [3.8, 4) is 0 Å². The van der Waals surface area contributed by atoms with Crippen molar-refractivity contribution in [3.63, 3.8) is 0 Å². The quantitative estimate of drug-likeness (QED) is 0.852. The number of carbonyl (C=O) groups excluding carboxylic acids is 1. The van der Waals surface area contributed by atoms with Crippen LogP contribution in [0.4, 0.5) is 0 Å². The summed E-state index contributed by atoms with van der Waals surface area (Å²) in [5.74, 6) is -0.0317. The van der Waals surface area contributed by atoms with E-state index in [0.717, 1.165) is 12.8 Å². The highest BCUT2D eigenvalue weighted by Crippen LogP contribution is 2.11. The summed E-state index contributed by atoms with van der Waals surface area (Å²) in [4.78, 5) is 11.5. The summed E-state index contributed by atoms with van der Waals surface area (Å²) in [6, 6.07) is 0. The molecule has 1 amide bonds. The number of aromatic nitrogens is 2. The zero-order chi connectivity index (χ0) is 11.4. The summed E-state index contributed by atoms with van der Waals surface area (Å²) in [6.45, 7) is 1.84. The molecule has 5 nitrogen and oxygen atoms in total. The van der Waals surface area contributed by atoms with Crippen LogP contribution in [-0.4, -0.2) is 34.9 Å². The molecule has 1 N–H and O–H groups in total. The first-order valence-electron chi connectivity index (χ1n) is 5.33. The van der Waals surface area contributed by atoms with Crippen LogP contribution in [0.2, 0.25) is 5.02 Å². The molecule has 1 aromatic rings. The molecule has 0 spiro atoms. The van der Waals surface area contributed by atoms with E-state index < -0.39 is 0 Å². The van der Waals surface area contributed by atoms with Crippen molar-refractivity contribution in [2.45, 2.75) is 25.5 Å². The molecule has 6 heteroatoms. The van der Waals surface area contributed by atoms with Crippen LogP contribution in [0, 0.1) is 0 Å². The largest absolute Gasteiger partial charge is 0.368 e. The third kappa shape index (κ3) is 2.96. The minimum atomic E-state index is -0.263. The predicted molar refractivity (Wildman–Crippen MR) is 59.2 cm³/mol. The van der Waals surface area contributed by atoms with Gasteiger partial charge in [-0.2, -0.15) is 5.10 Å². The number of rotatable bonds is 4. The maximum Gasteiger partial charge on any atom is 0.249 e. The van der Waals surface area contributed by atoms with Gasteiger partial charge in [-0.3, -0.25) is 9.48 Å². The van der Waals surface area contributed by atoms with Crippen molar-refractivity contribution in [1.82, 2.24) is 15.1 Å². The maximum atomic E-state index is 11.5. The van der Waals surface area contributed by atoms with Crippen LogP contribution in [0.3, 0.4) is 0 Å². The van der Waals surface area contributed by atoms with Crippen LogP contribution in [0.5, 0.6) is 0 Å². The van der Waals surface area contributed by atoms with E-state index >= 15 is 0 Å². The molecule has 1 unspecified atom stereocenters. The summed E-state index contributed by atoms with van der Waals surface area (Å²) in [5.41, 5.74) is 0. The highest BCUT2D eigenvalue weighted by molar-refractivity contribution is 6.30. The summed E-state index contributed by atoms with van der Waals surface area (Å²) in [7, 11) is 0. The normalized spacial score (nSPS) is 19.9. The Hall–Kier alpha value is -1.07. The molecule has 0 bridgehead atoms. The lowest BCUT2D eigenvalue weighted by molar-refractivity contribution is -0.130. The number of nitrogens with one attached hydrogen (secondary N) is 1. The molecule has 1 saturated heterocycles. The molecule has 1 aliphatic rings. The average molecular weight is 244 g/mol. The predicted octanol–water partition coefficient (Wildman–Crippen LogP) is 0.832. The third-order valence-corrected chi connectivity index (χ3v) is 2.66. The minimum Gasteiger partial charge on any atom is -0.368 e. The molecule has 1 fully saturated rings. The number of ether oxygens (including phenoxy) is 1. The van der Waals surface area contributed by atoms with Crippen molar-refractivity contribution in [2.24, 2.45) is 0 Å².